The Hall–Kier alpha value is -3.35. The largest absolute Gasteiger partial charge is 0.481 e. The third kappa shape index (κ3) is 5.76. The number of rotatable bonds is 11. The summed E-state index contributed by atoms with van der Waals surface area (Å²) >= 11 is 0. The minimum atomic E-state index is -0.882. The van der Waals surface area contributed by atoms with Crippen LogP contribution in [-0.2, 0) is 14.3 Å². The number of carbonyl (C=O) groups excluding carboxylic acids is 2. The van der Waals surface area contributed by atoms with E-state index in [1.807, 2.05) is 31.2 Å². The fourth-order valence-corrected chi connectivity index (χ4v) is 4.68. The van der Waals surface area contributed by atoms with E-state index in [4.69, 9.17) is 9.84 Å². The molecule has 0 heterocycles. The molecule has 2 atom stereocenters. The number of carbonyl (C=O) groups is 3. The van der Waals surface area contributed by atoms with Crippen LogP contribution in [0.3, 0.4) is 0 Å². The average molecular weight is 465 g/mol. The number of alkyl carbamates (subject to hydrolysis) is 1. The first-order chi connectivity index (χ1) is 16.5. The number of amides is 2. The fraction of sp³-hybridized carbons (Fsp3) is 0.444. The second-order valence-corrected chi connectivity index (χ2v) is 9.32. The van der Waals surface area contributed by atoms with Crippen LogP contribution >= 0.6 is 0 Å². The predicted octanol–water partition coefficient (Wildman–Crippen LogP) is 4.31. The molecule has 0 aliphatic heterocycles. The summed E-state index contributed by atoms with van der Waals surface area (Å²) in [5.74, 6) is -0.935. The maximum atomic E-state index is 12.8. The molecule has 34 heavy (non-hydrogen) atoms. The Bertz CT molecular complexity index is 1000. The van der Waals surface area contributed by atoms with E-state index in [1.165, 1.54) is 0 Å². The molecule has 3 N–H and O–H groups in total. The molecule has 2 aromatic carbocycles. The molecule has 2 unspecified atom stereocenters. The minimum absolute atomic E-state index is 0.00385. The van der Waals surface area contributed by atoms with E-state index in [9.17, 15) is 14.4 Å². The summed E-state index contributed by atoms with van der Waals surface area (Å²) in [6.45, 7) is 2.36. The smallest absolute Gasteiger partial charge is 0.407 e. The Morgan fingerprint density at radius 2 is 1.65 bits per heavy atom. The van der Waals surface area contributed by atoms with Gasteiger partial charge in [-0.3, -0.25) is 9.59 Å². The summed E-state index contributed by atoms with van der Waals surface area (Å²) in [7, 11) is 0. The van der Waals surface area contributed by atoms with E-state index in [2.05, 4.69) is 34.9 Å². The lowest BCUT2D eigenvalue weighted by molar-refractivity contribution is -0.138. The van der Waals surface area contributed by atoms with E-state index in [-0.39, 0.29) is 37.3 Å². The Kier molecular flexibility index (Phi) is 7.50. The number of carboxylic acid groups (broad SMARTS) is 1. The van der Waals surface area contributed by atoms with Crippen molar-refractivity contribution >= 4 is 18.0 Å². The second-order valence-electron chi connectivity index (χ2n) is 9.32. The van der Waals surface area contributed by atoms with Gasteiger partial charge < -0.3 is 20.5 Å². The molecule has 0 bridgehead atoms. The number of nitrogens with one attached hydrogen (secondary N) is 2. The Morgan fingerprint density at radius 1 is 1.03 bits per heavy atom. The highest BCUT2D eigenvalue weighted by molar-refractivity contribution is 5.86. The van der Waals surface area contributed by atoms with Gasteiger partial charge >= 0.3 is 12.1 Å². The zero-order valence-corrected chi connectivity index (χ0v) is 19.5. The number of fused-ring (bicyclic) bond motifs is 3. The van der Waals surface area contributed by atoms with Crippen LogP contribution in [-0.4, -0.2) is 42.3 Å². The normalized spacial score (nSPS) is 16.1. The van der Waals surface area contributed by atoms with Gasteiger partial charge in [0.25, 0.3) is 0 Å². The van der Waals surface area contributed by atoms with Crippen molar-refractivity contribution in [3.8, 4) is 11.1 Å². The van der Waals surface area contributed by atoms with Gasteiger partial charge in [-0.2, -0.15) is 0 Å². The quantitative estimate of drug-likeness (QED) is 0.460. The van der Waals surface area contributed by atoms with Crippen molar-refractivity contribution in [1.29, 1.82) is 0 Å². The predicted molar refractivity (Wildman–Crippen MR) is 128 cm³/mol. The highest BCUT2D eigenvalue weighted by Gasteiger charge is 2.32. The van der Waals surface area contributed by atoms with Gasteiger partial charge in [0, 0.05) is 18.9 Å². The van der Waals surface area contributed by atoms with Crippen molar-refractivity contribution in [3.05, 3.63) is 59.7 Å². The van der Waals surface area contributed by atoms with E-state index in [0.717, 1.165) is 35.1 Å². The van der Waals surface area contributed by atoms with Gasteiger partial charge in [0.05, 0.1) is 0 Å². The van der Waals surface area contributed by atoms with Crippen molar-refractivity contribution in [1.82, 2.24) is 10.6 Å². The minimum Gasteiger partial charge on any atom is -0.481 e. The Labute approximate surface area is 199 Å². The van der Waals surface area contributed by atoms with Gasteiger partial charge in [0.1, 0.15) is 12.6 Å². The van der Waals surface area contributed by atoms with E-state index in [1.54, 1.807) is 0 Å². The summed E-state index contributed by atoms with van der Waals surface area (Å²) in [6.07, 6.45) is 2.70. The molecule has 7 nitrogen and oxygen atoms in total. The topological polar surface area (TPSA) is 105 Å². The lowest BCUT2D eigenvalue weighted by atomic mass is 9.98. The standard InChI is InChI=1S/C27H32N2O5/c1-2-17(14-25(30)31)15-28-26(32)24(13-18-11-12-18)29-27(33)34-16-23-21-9-5-3-7-19(21)20-8-4-6-10-22(20)23/h3-10,17-18,23-24H,2,11-16H2,1H3,(H,28,32)(H,29,33)(H,30,31). The Morgan fingerprint density at radius 3 is 2.21 bits per heavy atom. The number of hydrogen-bond donors (Lipinski definition) is 3. The van der Waals surface area contributed by atoms with Gasteiger partial charge in [-0.15, -0.1) is 0 Å². The lowest BCUT2D eigenvalue weighted by Crippen LogP contribution is -2.48. The van der Waals surface area contributed by atoms with Crippen LogP contribution in [0.2, 0.25) is 0 Å². The average Bonchev–Trinajstić information content (AvgIpc) is 3.60. The zero-order chi connectivity index (χ0) is 24.1. The molecule has 2 aliphatic carbocycles. The SMILES string of the molecule is CCC(CNC(=O)C(CC1CC1)NC(=O)OCC1c2ccccc2-c2ccccc21)CC(=O)O. The molecule has 1 fully saturated rings. The molecule has 2 aliphatic rings. The molecule has 4 rings (SSSR count). The molecule has 0 aromatic heterocycles. The first kappa shape index (κ1) is 23.8. The molecule has 0 saturated heterocycles. The van der Waals surface area contributed by atoms with Crippen molar-refractivity contribution in [2.24, 2.45) is 11.8 Å². The first-order valence-electron chi connectivity index (χ1n) is 12.1. The van der Waals surface area contributed by atoms with E-state index in [0.29, 0.717) is 18.8 Å². The third-order valence-corrected chi connectivity index (χ3v) is 6.82. The van der Waals surface area contributed by atoms with Gasteiger partial charge in [0.2, 0.25) is 5.91 Å². The van der Waals surface area contributed by atoms with Crippen molar-refractivity contribution < 1.29 is 24.2 Å². The van der Waals surface area contributed by atoms with E-state index < -0.39 is 18.1 Å². The van der Waals surface area contributed by atoms with Crippen molar-refractivity contribution in [2.75, 3.05) is 13.2 Å². The number of aliphatic carboxylic acids is 1. The highest BCUT2D eigenvalue weighted by Crippen LogP contribution is 2.44. The molecule has 1 saturated carbocycles. The maximum Gasteiger partial charge on any atom is 0.407 e. The molecule has 7 heteroatoms. The molecular weight excluding hydrogens is 432 g/mol. The van der Waals surface area contributed by atoms with Crippen molar-refractivity contribution in [2.45, 2.75) is 51.0 Å². The number of hydrogen-bond acceptors (Lipinski definition) is 4. The highest BCUT2D eigenvalue weighted by atomic mass is 16.5. The first-order valence-corrected chi connectivity index (χ1v) is 12.1. The maximum absolute atomic E-state index is 12.8. The van der Waals surface area contributed by atoms with Crippen LogP contribution in [0.25, 0.3) is 11.1 Å². The van der Waals surface area contributed by atoms with Crippen LogP contribution in [0, 0.1) is 11.8 Å². The van der Waals surface area contributed by atoms with Crippen LogP contribution in [0.15, 0.2) is 48.5 Å². The number of benzene rings is 2. The van der Waals surface area contributed by atoms with Crippen molar-refractivity contribution in [3.63, 3.8) is 0 Å². The monoisotopic (exact) mass is 464 g/mol. The van der Waals surface area contributed by atoms with Gasteiger partial charge in [-0.25, -0.2) is 4.79 Å². The summed E-state index contributed by atoms with van der Waals surface area (Å²) in [5, 5.41) is 14.6. The van der Waals surface area contributed by atoms with Crippen LogP contribution < -0.4 is 10.6 Å². The summed E-state index contributed by atoms with van der Waals surface area (Å²) in [6, 6.07) is 15.6. The van der Waals surface area contributed by atoms with Gasteiger partial charge in [0.15, 0.2) is 0 Å². The van der Waals surface area contributed by atoms with Crippen LogP contribution in [0.4, 0.5) is 4.79 Å². The fourth-order valence-electron chi connectivity index (χ4n) is 4.68. The second kappa shape index (κ2) is 10.7. The lowest BCUT2D eigenvalue weighted by Gasteiger charge is -2.21. The van der Waals surface area contributed by atoms with Crippen LogP contribution in [0.1, 0.15) is 56.1 Å². The molecule has 180 valence electrons. The third-order valence-electron chi connectivity index (χ3n) is 6.82. The molecule has 0 spiro atoms. The molecule has 0 radical (unpaired) electrons. The zero-order valence-electron chi connectivity index (χ0n) is 19.5. The van der Waals surface area contributed by atoms with Gasteiger partial charge in [-0.05, 0) is 40.5 Å². The van der Waals surface area contributed by atoms with E-state index >= 15 is 0 Å². The summed E-state index contributed by atoms with van der Waals surface area (Å²) in [5.41, 5.74) is 4.58. The summed E-state index contributed by atoms with van der Waals surface area (Å²) in [4.78, 5) is 36.5. The number of carboxylic acids is 1. The van der Waals surface area contributed by atoms with Gasteiger partial charge in [-0.1, -0.05) is 74.7 Å². The summed E-state index contributed by atoms with van der Waals surface area (Å²) < 4.78 is 5.61. The molecule has 2 amide bonds. The molecule has 2 aromatic rings. The number of ether oxygens (including phenoxy) is 1. The molecular formula is C27H32N2O5. The Balaban J connectivity index is 1.35. The van der Waals surface area contributed by atoms with Crippen LogP contribution in [0.5, 0.6) is 0 Å².